The molecule has 6 nitrogen and oxygen atoms in total. The van der Waals surface area contributed by atoms with Crippen LogP contribution < -0.4 is 10.1 Å². The topological polar surface area (TPSA) is 69.0 Å². The lowest BCUT2D eigenvalue weighted by Gasteiger charge is -2.24. The van der Waals surface area contributed by atoms with E-state index in [-0.39, 0.29) is 11.9 Å². The van der Waals surface area contributed by atoms with E-state index < -0.39 is 0 Å². The number of hydrogen-bond donors (Lipinski definition) is 1. The van der Waals surface area contributed by atoms with Gasteiger partial charge in [0.05, 0.1) is 16.9 Å². The van der Waals surface area contributed by atoms with Gasteiger partial charge in [-0.25, -0.2) is 4.68 Å². The first-order chi connectivity index (χ1) is 14.2. The Balaban J connectivity index is 1.35. The molecule has 2 heterocycles. The maximum atomic E-state index is 12.0. The zero-order valence-electron chi connectivity index (χ0n) is 15.4. The molecule has 0 radical (unpaired) electrons. The monoisotopic (exact) mass is 448 g/mol. The van der Waals surface area contributed by atoms with E-state index in [1.807, 2.05) is 30.3 Å². The summed E-state index contributed by atoms with van der Waals surface area (Å²) in [4.78, 5) is 16.1. The SMILES string of the molecule is O=C1C[C@H](c2ccc(OCc3ccc4ccccc4c3)c(Br)c2)n2ncnc2N1. The number of nitrogens with zero attached hydrogens (tertiary/aromatic N) is 3. The molecular formula is C22H17BrN4O2. The van der Waals surface area contributed by atoms with Crippen molar-refractivity contribution >= 4 is 38.6 Å². The molecule has 0 saturated carbocycles. The van der Waals surface area contributed by atoms with Gasteiger partial charge in [0.15, 0.2) is 0 Å². The van der Waals surface area contributed by atoms with Crippen LogP contribution in [0.4, 0.5) is 5.95 Å². The Bertz CT molecular complexity index is 1220. The molecule has 1 N–H and O–H groups in total. The number of aromatic nitrogens is 3. The van der Waals surface area contributed by atoms with Crippen molar-refractivity contribution < 1.29 is 9.53 Å². The minimum Gasteiger partial charge on any atom is -0.488 e. The Hall–Kier alpha value is -3.19. The maximum Gasteiger partial charge on any atom is 0.229 e. The predicted octanol–water partition coefficient (Wildman–Crippen LogP) is 4.70. The van der Waals surface area contributed by atoms with Gasteiger partial charge in [0.25, 0.3) is 0 Å². The summed E-state index contributed by atoms with van der Waals surface area (Å²) in [7, 11) is 0. The van der Waals surface area contributed by atoms with Crippen LogP contribution in [-0.4, -0.2) is 20.7 Å². The van der Waals surface area contributed by atoms with Crippen LogP contribution in [0, 0.1) is 0 Å². The lowest BCUT2D eigenvalue weighted by molar-refractivity contribution is -0.117. The highest BCUT2D eigenvalue weighted by atomic mass is 79.9. The van der Waals surface area contributed by atoms with Crippen molar-refractivity contribution in [2.75, 3.05) is 5.32 Å². The second-order valence-corrected chi connectivity index (χ2v) is 7.81. The van der Waals surface area contributed by atoms with E-state index in [2.05, 4.69) is 61.7 Å². The van der Waals surface area contributed by atoms with Gasteiger partial charge >= 0.3 is 0 Å². The highest BCUT2D eigenvalue weighted by Crippen LogP contribution is 2.34. The lowest BCUT2D eigenvalue weighted by Crippen LogP contribution is -2.29. The molecule has 3 aromatic carbocycles. The number of carbonyl (C=O) groups excluding carboxylic acids is 1. The molecule has 1 atom stereocenters. The highest BCUT2D eigenvalue weighted by Gasteiger charge is 2.28. The molecule has 4 aromatic rings. The van der Waals surface area contributed by atoms with Crippen molar-refractivity contribution in [1.29, 1.82) is 0 Å². The average molecular weight is 449 g/mol. The van der Waals surface area contributed by atoms with Crippen LogP contribution in [-0.2, 0) is 11.4 Å². The van der Waals surface area contributed by atoms with Gasteiger partial charge in [-0.05, 0) is 56.0 Å². The van der Waals surface area contributed by atoms with Crippen LogP contribution >= 0.6 is 15.9 Å². The number of benzene rings is 3. The Morgan fingerprint density at radius 3 is 2.83 bits per heavy atom. The molecule has 0 bridgehead atoms. The summed E-state index contributed by atoms with van der Waals surface area (Å²) >= 11 is 3.60. The fourth-order valence-electron chi connectivity index (χ4n) is 3.60. The van der Waals surface area contributed by atoms with Crippen molar-refractivity contribution in [3.05, 3.63) is 82.6 Å². The molecule has 0 unspecified atom stereocenters. The molecule has 7 heteroatoms. The lowest BCUT2D eigenvalue weighted by atomic mass is 10.0. The second-order valence-electron chi connectivity index (χ2n) is 6.96. The normalized spacial score (nSPS) is 15.8. The van der Waals surface area contributed by atoms with E-state index in [0.717, 1.165) is 21.3 Å². The van der Waals surface area contributed by atoms with Crippen LogP contribution in [0.2, 0.25) is 0 Å². The molecule has 144 valence electrons. The third-order valence-electron chi connectivity index (χ3n) is 5.05. The molecular weight excluding hydrogens is 432 g/mol. The van der Waals surface area contributed by atoms with Crippen molar-refractivity contribution in [3.63, 3.8) is 0 Å². The maximum absolute atomic E-state index is 12.0. The Kier molecular flexibility index (Phi) is 4.52. The Morgan fingerprint density at radius 2 is 1.97 bits per heavy atom. The number of ether oxygens (including phenoxy) is 1. The standard InChI is InChI=1S/C22H17BrN4O2/c23-18-10-17(19-11-21(28)26-22-24-13-25-27(19)22)7-8-20(18)29-12-14-5-6-15-3-1-2-4-16(15)9-14/h1-10,13,19H,11-12H2,(H,24,25,26,28)/t19-/m1/s1. The quantitative estimate of drug-likeness (QED) is 0.490. The van der Waals surface area contributed by atoms with Gasteiger partial charge in [0, 0.05) is 0 Å². The van der Waals surface area contributed by atoms with E-state index in [1.54, 1.807) is 4.68 Å². The van der Waals surface area contributed by atoms with Gasteiger partial charge in [0.1, 0.15) is 18.7 Å². The Morgan fingerprint density at radius 1 is 1.10 bits per heavy atom. The first-order valence-electron chi connectivity index (χ1n) is 9.27. The third kappa shape index (κ3) is 3.49. The van der Waals surface area contributed by atoms with Crippen molar-refractivity contribution in [1.82, 2.24) is 14.8 Å². The summed E-state index contributed by atoms with van der Waals surface area (Å²) in [5, 5.41) is 9.39. The minimum atomic E-state index is -0.188. The summed E-state index contributed by atoms with van der Waals surface area (Å²) in [5.41, 5.74) is 2.08. The fourth-order valence-corrected chi connectivity index (χ4v) is 4.11. The summed E-state index contributed by atoms with van der Waals surface area (Å²) in [6.07, 6.45) is 1.77. The number of halogens is 1. The number of anilines is 1. The molecule has 5 rings (SSSR count). The van der Waals surface area contributed by atoms with Gasteiger partial charge in [-0.15, -0.1) is 0 Å². The summed E-state index contributed by atoms with van der Waals surface area (Å²) in [5.74, 6) is 1.16. The first-order valence-corrected chi connectivity index (χ1v) is 10.1. The van der Waals surface area contributed by atoms with Gasteiger partial charge < -0.3 is 4.74 Å². The summed E-state index contributed by atoms with van der Waals surface area (Å²) in [6, 6.07) is 20.3. The van der Waals surface area contributed by atoms with Gasteiger partial charge in [-0.2, -0.15) is 10.1 Å². The van der Waals surface area contributed by atoms with Crippen LogP contribution in [0.15, 0.2) is 71.5 Å². The minimum absolute atomic E-state index is 0.0664. The zero-order chi connectivity index (χ0) is 19.8. The van der Waals surface area contributed by atoms with E-state index in [0.29, 0.717) is 19.0 Å². The molecule has 1 aromatic heterocycles. The fraction of sp³-hybridized carbons (Fsp3) is 0.136. The molecule has 1 aliphatic rings. The smallest absolute Gasteiger partial charge is 0.229 e. The predicted molar refractivity (Wildman–Crippen MR) is 114 cm³/mol. The van der Waals surface area contributed by atoms with Gasteiger partial charge in [-0.1, -0.05) is 42.5 Å². The van der Waals surface area contributed by atoms with Crippen molar-refractivity contribution in [2.45, 2.75) is 19.1 Å². The van der Waals surface area contributed by atoms with Crippen LogP contribution in [0.1, 0.15) is 23.6 Å². The van der Waals surface area contributed by atoms with E-state index in [9.17, 15) is 4.79 Å². The van der Waals surface area contributed by atoms with Gasteiger partial charge in [0.2, 0.25) is 11.9 Å². The van der Waals surface area contributed by atoms with E-state index >= 15 is 0 Å². The zero-order valence-corrected chi connectivity index (χ0v) is 17.0. The van der Waals surface area contributed by atoms with E-state index in [1.165, 1.54) is 17.1 Å². The third-order valence-corrected chi connectivity index (χ3v) is 5.67. The number of nitrogens with one attached hydrogen (secondary N) is 1. The second kappa shape index (κ2) is 7.33. The number of amides is 1. The molecule has 0 aliphatic carbocycles. The number of hydrogen-bond acceptors (Lipinski definition) is 4. The van der Waals surface area contributed by atoms with Crippen molar-refractivity contribution in [3.8, 4) is 5.75 Å². The number of rotatable bonds is 4. The molecule has 29 heavy (non-hydrogen) atoms. The van der Waals surface area contributed by atoms with Crippen LogP contribution in [0.3, 0.4) is 0 Å². The molecule has 0 fully saturated rings. The largest absolute Gasteiger partial charge is 0.488 e. The molecule has 0 spiro atoms. The summed E-state index contributed by atoms with van der Waals surface area (Å²) in [6.45, 7) is 0.474. The van der Waals surface area contributed by atoms with Crippen molar-refractivity contribution in [2.24, 2.45) is 0 Å². The molecule has 1 amide bonds. The Labute approximate surface area is 175 Å². The average Bonchev–Trinajstić information content (AvgIpc) is 3.20. The first kappa shape index (κ1) is 17.9. The number of carbonyl (C=O) groups is 1. The van der Waals surface area contributed by atoms with E-state index in [4.69, 9.17) is 4.74 Å². The van der Waals surface area contributed by atoms with Gasteiger partial charge in [-0.3, -0.25) is 10.1 Å². The van der Waals surface area contributed by atoms with Crippen LogP contribution in [0.5, 0.6) is 5.75 Å². The highest BCUT2D eigenvalue weighted by molar-refractivity contribution is 9.10. The molecule has 1 aliphatic heterocycles. The van der Waals surface area contributed by atoms with Crippen LogP contribution in [0.25, 0.3) is 10.8 Å². The summed E-state index contributed by atoms with van der Waals surface area (Å²) < 4.78 is 8.60. The number of fused-ring (bicyclic) bond motifs is 2. The molecule has 0 saturated heterocycles.